The van der Waals surface area contributed by atoms with E-state index in [9.17, 15) is 0 Å². The minimum Gasteiger partial charge on any atom is -0.490 e. The molecule has 0 spiro atoms. The van der Waals surface area contributed by atoms with Crippen LogP contribution in [0.25, 0.3) is 0 Å². The Morgan fingerprint density at radius 2 is 2.00 bits per heavy atom. The van der Waals surface area contributed by atoms with Gasteiger partial charge in [0.2, 0.25) is 0 Å². The molecule has 68 valence electrons. The molecule has 1 heterocycles. The van der Waals surface area contributed by atoms with E-state index in [1.54, 1.807) is 0 Å². The predicted octanol–water partition coefficient (Wildman–Crippen LogP) is 1.83. The van der Waals surface area contributed by atoms with E-state index in [2.05, 4.69) is 23.5 Å². The summed E-state index contributed by atoms with van der Waals surface area (Å²) in [7, 11) is 0. The molecule has 1 N–H and O–H groups in total. The molecule has 1 saturated carbocycles. The van der Waals surface area contributed by atoms with Crippen molar-refractivity contribution in [3.8, 4) is 5.75 Å². The molecule has 13 heavy (non-hydrogen) atoms. The molecule has 1 aromatic rings. The molecular formula is C11H13NO. The zero-order valence-electron chi connectivity index (χ0n) is 7.55. The molecule has 0 amide bonds. The van der Waals surface area contributed by atoms with E-state index in [1.807, 2.05) is 0 Å². The van der Waals surface area contributed by atoms with Gasteiger partial charge < -0.3 is 10.1 Å². The molecule has 2 heteroatoms. The number of hydrogen-bond acceptors (Lipinski definition) is 2. The quantitative estimate of drug-likeness (QED) is 0.740. The second-order valence-electron chi connectivity index (χ2n) is 3.85. The molecular weight excluding hydrogens is 162 g/mol. The fourth-order valence-electron chi connectivity index (χ4n) is 1.72. The summed E-state index contributed by atoms with van der Waals surface area (Å²) in [5, 5.41) is 3.33. The lowest BCUT2D eigenvalue weighted by molar-refractivity contribution is 0.303. The molecule has 2 aliphatic rings. The average Bonchev–Trinajstić information content (AvgIpc) is 2.83. The minimum absolute atomic E-state index is 0.507. The Hall–Kier alpha value is -1.02. The third kappa shape index (κ3) is 1.42. The maximum absolute atomic E-state index is 5.72. The van der Waals surface area contributed by atoms with Gasteiger partial charge in [0.25, 0.3) is 0 Å². The first-order chi connectivity index (χ1) is 6.42. The van der Waals surface area contributed by atoms with Crippen LogP contribution in [0.2, 0.25) is 0 Å². The highest BCUT2D eigenvalue weighted by Gasteiger charge is 2.23. The standard InChI is InChI=1S/C11H13NO/c1-2-11(13-10-3-4-10)5-9-7-12-6-8(1)9/h1-2,5,10,12H,3-4,6-7H2. The molecule has 0 radical (unpaired) electrons. The van der Waals surface area contributed by atoms with Crippen LogP contribution >= 0.6 is 0 Å². The summed E-state index contributed by atoms with van der Waals surface area (Å²) in [4.78, 5) is 0. The van der Waals surface area contributed by atoms with Crippen LogP contribution in [0, 0.1) is 0 Å². The third-order valence-electron chi connectivity index (χ3n) is 2.64. The zero-order valence-corrected chi connectivity index (χ0v) is 7.55. The van der Waals surface area contributed by atoms with Gasteiger partial charge in [-0.05, 0) is 36.1 Å². The highest BCUT2D eigenvalue weighted by atomic mass is 16.5. The number of hydrogen-bond donors (Lipinski definition) is 1. The van der Waals surface area contributed by atoms with Crippen molar-refractivity contribution in [1.82, 2.24) is 5.32 Å². The van der Waals surface area contributed by atoms with E-state index < -0.39 is 0 Å². The molecule has 0 bridgehead atoms. The van der Waals surface area contributed by atoms with E-state index in [0.717, 1.165) is 18.8 Å². The number of ether oxygens (including phenoxy) is 1. The molecule has 2 nitrogen and oxygen atoms in total. The summed E-state index contributed by atoms with van der Waals surface area (Å²) in [5.74, 6) is 1.05. The van der Waals surface area contributed by atoms with Crippen LogP contribution in [0.15, 0.2) is 18.2 Å². The van der Waals surface area contributed by atoms with Crippen molar-refractivity contribution in [1.29, 1.82) is 0 Å². The van der Waals surface area contributed by atoms with Gasteiger partial charge >= 0.3 is 0 Å². The summed E-state index contributed by atoms with van der Waals surface area (Å²) in [6.07, 6.45) is 2.97. The van der Waals surface area contributed by atoms with E-state index in [0.29, 0.717) is 6.10 Å². The fourth-order valence-corrected chi connectivity index (χ4v) is 1.72. The maximum atomic E-state index is 5.72. The van der Waals surface area contributed by atoms with Crippen molar-refractivity contribution < 1.29 is 4.74 Å². The van der Waals surface area contributed by atoms with Crippen molar-refractivity contribution >= 4 is 0 Å². The van der Waals surface area contributed by atoms with Gasteiger partial charge in [-0.1, -0.05) is 6.07 Å². The summed E-state index contributed by atoms with van der Waals surface area (Å²) in [6.45, 7) is 2.01. The Bertz CT molecular complexity index is 331. The predicted molar refractivity (Wildman–Crippen MR) is 50.6 cm³/mol. The van der Waals surface area contributed by atoms with Crippen molar-refractivity contribution in [2.24, 2.45) is 0 Å². The van der Waals surface area contributed by atoms with Crippen LogP contribution in [0.4, 0.5) is 0 Å². The van der Waals surface area contributed by atoms with E-state index in [4.69, 9.17) is 4.74 Å². The average molecular weight is 175 g/mol. The van der Waals surface area contributed by atoms with E-state index >= 15 is 0 Å². The molecule has 0 unspecified atom stereocenters. The Kier molecular flexibility index (Phi) is 1.56. The fraction of sp³-hybridized carbons (Fsp3) is 0.455. The lowest BCUT2D eigenvalue weighted by atomic mass is 10.1. The van der Waals surface area contributed by atoms with Gasteiger partial charge in [0.15, 0.2) is 0 Å². The van der Waals surface area contributed by atoms with Gasteiger partial charge in [-0.2, -0.15) is 0 Å². The monoisotopic (exact) mass is 175 g/mol. The highest BCUT2D eigenvalue weighted by Crippen LogP contribution is 2.28. The Balaban J connectivity index is 1.86. The van der Waals surface area contributed by atoms with Crippen molar-refractivity contribution in [2.45, 2.75) is 32.0 Å². The van der Waals surface area contributed by atoms with Crippen LogP contribution in [-0.2, 0) is 13.1 Å². The second-order valence-corrected chi connectivity index (χ2v) is 3.85. The number of benzene rings is 1. The van der Waals surface area contributed by atoms with Crippen LogP contribution in [-0.4, -0.2) is 6.10 Å². The van der Waals surface area contributed by atoms with Gasteiger partial charge in [0, 0.05) is 13.1 Å². The van der Waals surface area contributed by atoms with Gasteiger partial charge in [-0.15, -0.1) is 0 Å². The second kappa shape index (κ2) is 2.74. The largest absolute Gasteiger partial charge is 0.490 e. The number of nitrogens with one attached hydrogen (secondary N) is 1. The smallest absolute Gasteiger partial charge is 0.120 e. The maximum Gasteiger partial charge on any atom is 0.120 e. The first-order valence-electron chi connectivity index (χ1n) is 4.91. The Morgan fingerprint density at radius 1 is 1.15 bits per heavy atom. The Morgan fingerprint density at radius 3 is 2.85 bits per heavy atom. The van der Waals surface area contributed by atoms with Crippen molar-refractivity contribution in [3.63, 3.8) is 0 Å². The van der Waals surface area contributed by atoms with Crippen LogP contribution in [0.5, 0.6) is 5.75 Å². The van der Waals surface area contributed by atoms with Crippen LogP contribution in [0.1, 0.15) is 24.0 Å². The number of fused-ring (bicyclic) bond motifs is 1. The topological polar surface area (TPSA) is 21.3 Å². The molecule has 1 fully saturated rings. The summed E-state index contributed by atoms with van der Waals surface area (Å²) in [5.41, 5.74) is 2.82. The highest BCUT2D eigenvalue weighted by molar-refractivity contribution is 5.37. The van der Waals surface area contributed by atoms with Crippen LogP contribution in [0.3, 0.4) is 0 Å². The third-order valence-corrected chi connectivity index (χ3v) is 2.64. The lowest BCUT2D eigenvalue weighted by Gasteiger charge is -2.05. The molecule has 1 aliphatic carbocycles. The van der Waals surface area contributed by atoms with Crippen molar-refractivity contribution in [3.05, 3.63) is 29.3 Å². The molecule has 0 atom stereocenters. The summed E-state index contributed by atoms with van der Waals surface area (Å²) in [6, 6.07) is 6.44. The number of rotatable bonds is 2. The van der Waals surface area contributed by atoms with Gasteiger partial charge in [0.05, 0.1) is 6.10 Å². The van der Waals surface area contributed by atoms with Gasteiger partial charge in [-0.3, -0.25) is 0 Å². The first-order valence-corrected chi connectivity index (χ1v) is 4.91. The first kappa shape index (κ1) is 7.39. The molecule has 0 saturated heterocycles. The van der Waals surface area contributed by atoms with Gasteiger partial charge in [0.1, 0.15) is 5.75 Å². The molecule has 3 rings (SSSR count). The zero-order chi connectivity index (χ0) is 8.67. The SMILES string of the molecule is c1cc2c(cc1OC1CC1)CNC2. The lowest BCUT2D eigenvalue weighted by Crippen LogP contribution is -2.00. The minimum atomic E-state index is 0.507. The van der Waals surface area contributed by atoms with E-state index in [1.165, 1.54) is 24.0 Å². The molecule has 1 aromatic carbocycles. The van der Waals surface area contributed by atoms with E-state index in [-0.39, 0.29) is 0 Å². The Labute approximate surface area is 77.9 Å². The van der Waals surface area contributed by atoms with Crippen molar-refractivity contribution in [2.75, 3.05) is 0 Å². The van der Waals surface area contributed by atoms with Gasteiger partial charge in [-0.25, -0.2) is 0 Å². The van der Waals surface area contributed by atoms with Crippen LogP contribution < -0.4 is 10.1 Å². The summed E-state index contributed by atoms with van der Waals surface area (Å²) < 4.78 is 5.72. The summed E-state index contributed by atoms with van der Waals surface area (Å²) >= 11 is 0. The molecule has 1 aliphatic heterocycles. The normalized spacial score (nSPS) is 20.0. The molecule has 0 aromatic heterocycles.